The first-order valence-electron chi connectivity index (χ1n) is 6.98. The quantitative estimate of drug-likeness (QED) is 0.576. The van der Waals surface area contributed by atoms with Crippen LogP contribution < -0.4 is 10.6 Å². The van der Waals surface area contributed by atoms with Crippen LogP contribution in [0.25, 0.3) is 0 Å². The fourth-order valence-electron chi connectivity index (χ4n) is 1.75. The van der Waals surface area contributed by atoms with Crippen molar-refractivity contribution in [3.05, 3.63) is 29.8 Å². The molecule has 3 N–H and O–H groups in total. The summed E-state index contributed by atoms with van der Waals surface area (Å²) in [6, 6.07) is 6.50. The van der Waals surface area contributed by atoms with Crippen molar-refractivity contribution < 1.29 is 14.3 Å². The molecule has 0 spiro atoms. The van der Waals surface area contributed by atoms with Gasteiger partial charge in [-0.2, -0.15) is 0 Å². The van der Waals surface area contributed by atoms with Crippen LogP contribution in [0.5, 0.6) is 0 Å². The third-order valence-corrected chi connectivity index (χ3v) is 2.56. The zero-order valence-corrected chi connectivity index (χ0v) is 13.3. The summed E-state index contributed by atoms with van der Waals surface area (Å²) in [5.41, 5.74) is 1.05. The van der Waals surface area contributed by atoms with Gasteiger partial charge in [0, 0.05) is 12.1 Å². The van der Waals surface area contributed by atoms with E-state index in [-0.39, 0.29) is 0 Å². The van der Waals surface area contributed by atoms with Crippen molar-refractivity contribution in [1.29, 1.82) is 5.41 Å². The Balaban J connectivity index is 2.60. The van der Waals surface area contributed by atoms with Crippen LogP contribution in [0.1, 0.15) is 33.3 Å². The van der Waals surface area contributed by atoms with Crippen LogP contribution in [0.3, 0.4) is 0 Å². The number of carbonyl (C=O) groups is 1. The lowest BCUT2D eigenvalue weighted by molar-refractivity contribution is 0.0517. The van der Waals surface area contributed by atoms with Gasteiger partial charge >= 0.3 is 6.09 Å². The van der Waals surface area contributed by atoms with E-state index in [2.05, 4.69) is 10.6 Å². The molecule has 1 atom stereocenters. The van der Waals surface area contributed by atoms with E-state index < -0.39 is 17.7 Å². The Morgan fingerprint density at radius 2 is 1.91 bits per heavy atom. The second kappa shape index (κ2) is 7.59. The maximum Gasteiger partial charge on any atom is 0.408 e. The summed E-state index contributed by atoms with van der Waals surface area (Å²) in [5.74, 6) is 0.346. The Kier molecular flexibility index (Phi) is 6.10. The van der Waals surface area contributed by atoms with E-state index in [9.17, 15) is 9.59 Å². The average Bonchev–Trinajstić information content (AvgIpc) is 2.37. The minimum Gasteiger partial charge on any atom is -0.444 e. The third-order valence-electron chi connectivity index (χ3n) is 2.56. The molecule has 0 saturated carbocycles. The second-order valence-corrected chi connectivity index (χ2v) is 5.97. The van der Waals surface area contributed by atoms with Crippen LogP contribution in [0.15, 0.2) is 24.3 Å². The molecule has 22 heavy (non-hydrogen) atoms. The van der Waals surface area contributed by atoms with Gasteiger partial charge in [-0.15, -0.1) is 0 Å². The fraction of sp³-hybridized carbons (Fsp3) is 0.438. The highest BCUT2D eigenvalue weighted by atomic mass is 16.6. The molecule has 1 aromatic carbocycles. The molecule has 1 amide bonds. The lowest BCUT2D eigenvalue weighted by Crippen LogP contribution is -2.41. The highest BCUT2D eigenvalue weighted by molar-refractivity contribution is 5.90. The Morgan fingerprint density at radius 1 is 1.32 bits per heavy atom. The van der Waals surface area contributed by atoms with Crippen LogP contribution >= 0.6 is 0 Å². The molecule has 0 saturated heterocycles. The number of amides is 1. The maximum absolute atomic E-state index is 11.6. The lowest BCUT2D eigenvalue weighted by Gasteiger charge is -2.21. The largest absolute Gasteiger partial charge is 0.444 e. The van der Waals surface area contributed by atoms with Gasteiger partial charge in [0.15, 0.2) is 0 Å². The van der Waals surface area contributed by atoms with Crippen molar-refractivity contribution in [2.75, 3.05) is 5.32 Å². The van der Waals surface area contributed by atoms with Crippen molar-refractivity contribution in [3.63, 3.8) is 0 Å². The number of rotatable bonds is 5. The summed E-state index contributed by atoms with van der Waals surface area (Å²) >= 11 is 0. The predicted octanol–water partition coefficient (Wildman–Crippen LogP) is 2.64. The van der Waals surface area contributed by atoms with E-state index in [4.69, 9.17) is 10.1 Å². The van der Waals surface area contributed by atoms with Crippen LogP contribution in [0, 0.1) is 5.41 Å². The zero-order chi connectivity index (χ0) is 16.8. The first-order valence-corrected chi connectivity index (χ1v) is 6.98. The Hall–Kier alpha value is -2.37. The Morgan fingerprint density at radius 3 is 2.36 bits per heavy atom. The number of benzene rings is 1. The minimum atomic E-state index is -0.766. The van der Waals surface area contributed by atoms with E-state index in [1.807, 2.05) is 24.3 Å². The van der Waals surface area contributed by atoms with E-state index in [0.717, 1.165) is 11.3 Å². The second-order valence-electron chi connectivity index (χ2n) is 5.97. The van der Waals surface area contributed by atoms with Crippen LogP contribution in [0.4, 0.5) is 10.5 Å². The van der Waals surface area contributed by atoms with E-state index >= 15 is 0 Å². The van der Waals surface area contributed by atoms with Gasteiger partial charge in [0.2, 0.25) is 6.29 Å². The first-order chi connectivity index (χ1) is 10.2. The van der Waals surface area contributed by atoms with E-state index in [1.54, 1.807) is 34.0 Å². The molecule has 1 unspecified atom stereocenters. The summed E-state index contributed by atoms with van der Waals surface area (Å²) < 4.78 is 5.11. The molecule has 0 aliphatic heterocycles. The molecular formula is C16H22N3O3. The molecule has 0 heterocycles. The minimum absolute atomic E-state index is 0.326. The van der Waals surface area contributed by atoms with Gasteiger partial charge in [0.25, 0.3) is 0 Å². The highest BCUT2D eigenvalue weighted by Gasteiger charge is 2.19. The molecule has 0 aliphatic rings. The molecule has 0 fully saturated rings. The molecule has 0 aromatic heterocycles. The SMILES string of the molecule is CC(=N)Nc1ccc(CC([C]=O)NC(=O)OC(C)(C)C)cc1. The predicted molar refractivity (Wildman–Crippen MR) is 86.0 cm³/mol. The summed E-state index contributed by atoms with van der Waals surface area (Å²) in [4.78, 5) is 22.6. The van der Waals surface area contributed by atoms with Gasteiger partial charge in [-0.25, -0.2) is 4.79 Å². The van der Waals surface area contributed by atoms with Crippen LogP contribution in [-0.2, 0) is 16.0 Å². The number of hydrogen-bond acceptors (Lipinski definition) is 4. The first kappa shape index (κ1) is 17.7. The standard InChI is InChI=1S/C16H22N3O3/c1-11(17)18-13-7-5-12(6-8-13)9-14(10-20)19-15(21)22-16(2,3)4/h5-8,14H,9H2,1-4H3,(H2,17,18)(H,19,21). The molecular weight excluding hydrogens is 282 g/mol. The van der Waals surface area contributed by atoms with Gasteiger partial charge in [0.1, 0.15) is 11.6 Å². The average molecular weight is 304 g/mol. The molecule has 6 heteroatoms. The van der Waals surface area contributed by atoms with Gasteiger partial charge < -0.3 is 15.4 Å². The number of ether oxygens (including phenoxy) is 1. The van der Waals surface area contributed by atoms with E-state index in [0.29, 0.717) is 12.3 Å². The summed E-state index contributed by atoms with van der Waals surface area (Å²) in [6.07, 6.45) is 1.49. The van der Waals surface area contributed by atoms with Crippen molar-refractivity contribution in [3.8, 4) is 0 Å². The van der Waals surface area contributed by atoms with E-state index in [1.165, 1.54) is 0 Å². The topological polar surface area (TPSA) is 91.3 Å². The molecule has 1 rings (SSSR count). The Bertz CT molecular complexity index is 533. The van der Waals surface area contributed by atoms with Crippen molar-refractivity contribution in [1.82, 2.24) is 5.32 Å². The van der Waals surface area contributed by atoms with Gasteiger partial charge in [-0.3, -0.25) is 10.2 Å². The number of nitrogens with one attached hydrogen (secondary N) is 3. The van der Waals surface area contributed by atoms with Crippen molar-refractivity contribution in [2.24, 2.45) is 0 Å². The third kappa shape index (κ3) is 6.88. The van der Waals surface area contributed by atoms with Gasteiger partial charge in [-0.1, -0.05) is 12.1 Å². The monoisotopic (exact) mass is 304 g/mol. The Labute approximate surface area is 130 Å². The highest BCUT2D eigenvalue weighted by Crippen LogP contribution is 2.11. The summed E-state index contributed by atoms with van der Waals surface area (Å²) in [5, 5.41) is 12.7. The maximum atomic E-state index is 11.6. The number of alkyl carbamates (subject to hydrolysis) is 1. The summed E-state index contributed by atoms with van der Waals surface area (Å²) in [7, 11) is 0. The summed E-state index contributed by atoms with van der Waals surface area (Å²) in [6.45, 7) is 6.91. The van der Waals surface area contributed by atoms with Crippen molar-refractivity contribution >= 4 is 23.9 Å². The molecule has 0 bridgehead atoms. The number of amidine groups is 1. The smallest absolute Gasteiger partial charge is 0.408 e. The molecule has 119 valence electrons. The van der Waals surface area contributed by atoms with Gasteiger partial charge in [-0.05, 0) is 45.4 Å². The number of carbonyl (C=O) groups excluding carboxylic acids is 2. The normalized spacial score (nSPS) is 12.2. The molecule has 0 aliphatic carbocycles. The molecule has 1 aromatic rings. The number of anilines is 1. The van der Waals surface area contributed by atoms with Gasteiger partial charge in [0.05, 0.1) is 5.84 Å². The lowest BCUT2D eigenvalue weighted by atomic mass is 10.1. The molecule has 6 nitrogen and oxygen atoms in total. The fourth-order valence-corrected chi connectivity index (χ4v) is 1.75. The molecule has 1 radical (unpaired) electrons. The zero-order valence-electron chi connectivity index (χ0n) is 13.3. The van der Waals surface area contributed by atoms with Crippen LogP contribution in [-0.4, -0.2) is 29.9 Å². The van der Waals surface area contributed by atoms with Crippen LogP contribution in [0.2, 0.25) is 0 Å². The van der Waals surface area contributed by atoms with Crippen molar-refractivity contribution in [2.45, 2.75) is 45.8 Å². The number of hydrogen-bond donors (Lipinski definition) is 3.